The van der Waals surface area contributed by atoms with E-state index < -0.39 is 12.0 Å². The molecule has 0 spiro atoms. The molecule has 0 aliphatic heterocycles. The number of benzene rings is 1. The Morgan fingerprint density at radius 3 is 2.47 bits per heavy atom. The molecule has 1 aromatic carbocycles. The van der Waals surface area contributed by atoms with Crippen LogP contribution in [0.4, 0.5) is 5.69 Å². The molecule has 0 radical (unpaired) electrons. The van der Waals surface area contributed by atoms with E-state index in [1.165, 1.54) is 7.11 Å². The second kappa shape index (κ2) is 7.76. The van der Waals surface area contributed by atoms with Gasteiger partial charge in [-0.25, -0.2) is 4.79 Å². The highest BCUT2D eigenvalue weighted by molar-refractivity contribution is 5.96. The van der Waals surface area contributed by atoms with E-state index in [9.17, 15) is 9.59 Å². The number of nitrogens with one attached hydrogen (secondary N) is 1. The fraction of sp³-hybridized carbons (Fsp3) is 0.385. The number of methoxy groups -OCH3 is 1. The maximum Gasteiger partial charge on any atom is 0.337 e. The van der Waals surface area contributed by atoms with Crippen LogP contribution >= 0.6 is 12.4 Å². The van der Waals surface area contributed by atoms with E-state index in [0.29, 0.717) is 11.3 Å². The van der Waals surface area contributed by atoms with Crippen molar-refractivity contribution in [2.75, 3.05) is 12.4 Å². The first-order chi connectivity index (χ1) is 8.45. The summed E-state index contributed by atoms with van der Waals surface area (Å²) in [5.74, 6) is -0.667. The SMILES string of the molecule is COC(=O)c1cccc(NC(=O)[C@@H](N)C(C)C)c1.Cl. The van der Waals surface area contributed by atoms with Gasteiger partial charge in [0.05, 0.1) is 18.7 Å². The summed E-state index contributed by atoms with van der Waals surface area (Å²) in [6.45, 7) is 3.74. The summed E-state index contributed by atoms with van der Waals surface area (Å²) in [5.41, 5.74) is 6.64. The Bertz CT molecular complexity index is 449. The minimum Gasteiger partial charge on any atom is -0.465 e. The Hall–Kier alpha value is -1.59. The van der Waals surface area contributed by atoms with E-state index in [4.69, 9.17) is 5.73 Å². The van der Waals surface area contributed by atoms with Crippen LogP contribution in [0.5, 0.6) is 0 Å². The lowest BCUT2D eigenvalue weighted by molar-refractivity contribution is -0.118. The van der Waals surface area contributed by atoms with Crippen LogP contribution in [0.15, 0.2) is 24.3 Å². The number of ether oxygens (including phenoxy) is 1. The van der Waals surface area contributed by atoms with Crippen LogP contribution < -0.4 is 11.1 Å². The molecule has 1 rings (SSSR count). The highest BCUT2D eigenvalue weighted by Crippen LogP contribution is 2.12. The highest BCUT2D eigenvalue weighted by Gasteiger charge is 2.17. The second-order valence-corrected chi connectivity index (χ2v) is 4.33. The molecule has 6 heteroatoms. The van der Waals surface area contributed by atoms with Crippen molar-refractivity contribution in [2.45, 2.75) is 19.9 Å². The Kier molecular flexibility index (Phi) is 7.11. The molecule has 0 aromatic heterocycles. The molecule has 1 amide bonds. The maximum absolute atomic E-state index is 11.8. The molecule has 0 unspecified atom stereocenters. The summed E-state index contributed by atoms with van der Waals surface area (Å²) in [5, 5.41) is 2.67. The molecule has 5 nitrogen and oxygen atoms in total. The summed E-state index contributed by atoms with van der Waals surface area (Å²) in [6, 6.07) is 5.95. The Labute approximate surface area is 118 Å². The molecular weight excluding hydrogens is 268 g/mol. The molecule has 106 valence electrons. The average molecular weight is 287 g/mol. The van der Waals surface area contributed by atoms with Gasteiger partial charge in [0.2, 0.25) is 5.91 Å². The number of nitrogens with two attached hydrogens (primary N) is 1. The van der Waals surface area contributed by atoms with Crippen molar-refractivity contribution in [2.24, 2.45) is 11.7 Å². The van der Waals surface area contributed by atoms with Crippen LogP contribution in [0.3, 0.4) is 0 Å². The van der Waals surface area contributed by atoms with Crippen LogP contribution in [-0.2, 0) is 9.53 Å². The van der Waals surface area contributed by atoms with E-state index in [2.05, 4.69) is 10.1 Å². The van der Waals surface area contributed by atoms with E-state index in [-0.39, 0.29) is 24.2 Å². The van der Waals surface area contributed by atoms with Crippen molar-refractivity contribution in [3.63, 3.8) is 0 Å². The third kappa shape index (κ3) is 4.89. The number of anilines is 1. The fourth-order valence-corrected chi connectivity index (χ4v) is 1.37. The highest BCUT2D eigenvalue weighted by atomic mass is 35.5. The zero-order valence-electron chi connectivity index (χ0n) is 11.2. The van der Waals surface area contributed by atoms with Crippen LogP contribution in [0.25, 0.3) is 0 Å². The van der Waals surface area contributed by atoms with Gasteiger partial charge in [0.1, 0.15) is 0 Å². The van der Waals surface area contributed by atoms with Crippen molar-refractivity contribution in [1.29, 1.82) is 0 Å². The molecule has 0 fully saturated rings. The summed E-state index contributed by atoms with van der Waals surface area (Å²) in [4.78, 5) is 23.1. The lowest BCUT2D eigenvalue weighted by atomic mass is 10.0. The van der Waals surface area contributed by atoms with Gasteiger partial charge in [0.15, 0.2) is 0 Å². The van der Waals surface area contributed by atoms with Crippen molar-refractivity contribution in [3.8, 4) is 0 Å². The van der Waals surface area contributed by atoms with Gasteiger partial charge in [-0.15, -0.1) is 12.4 Å². The molecule has 3 N–H and O–H groups in total. The van der Waals surface area contributed by atoms with Crippen LogP contribution in [0.1, 0.15) is 24.2 Å². The number of hydrogen-bond donors (Lipinski definition) is 2. The van der Waals surface area contributed by atoms with Crippen molar-refractivity contribution < 1.29 is 14.3 Å². The molecule has 0 saturated carbocycles. The quantitative estimate of drug-likeness (QED) is 0.827. The smallest absolute Gasteiger partial charge is 0.337 e. The van der Waals surface area contributed by atoms with Crippen LogP contribution in [-0.4, -0.2) is 25.0 Å². The first-order valence-electron chi connectivity index (χ1n) is 5.70. The molecule has 0 saturated heterocycles. The fourth-order valence-electron chi connectivity index (χ4n) is 1.37. The summed E-state index contributed by atoms with van der Waals surface area (Å²) in [7, 11) is 1.31. The van der Waals surface area contributed by atoms with Gasteiger partial charge in [-0.3, -0.25) is 4.79 Å². The number of halogens is 1. The second-order valence-electron chi connectivity index (χ2n) is 4.33. The van der Waals surface area contributed by atoms with E-state index in [1.807, 2.05) is 13.8 Å². The van der Waals surface area contributed by atoms with Crippen molar-refractivity contribution >= 4 is 30.0 Å². The van der Waals surface area contributed by atoms with Gasteiger partial charge in [-0.05, 0) is 24.1 Å². The van der Waals surface area contributed by atoms with E-state index in [0.717, 1.165) is 0 Å². The third-order valence-electron chi connectivity index (χ3n) is 2.57. The lowest BCUT2D eigenvalue weighted by Crippen LogP contribution is -2.39. The molecule has 1 atom stereocenters. The number of carbonyl (C=O) groups excluding carboxylic acids is 2. The standard InChI is InChI=1S/C13H18N2O3.ClH/c1-8(2)11(14)12(16)15-10-6-4-5-9(7-10)13(17)18-3;/h4-8,11H,14H2,1-3H3,(H,15,16);1H/t11-;/m0./s1. The molecule has 19 heavy (non-hydrogen) atoms. The van der Waals surface area contributed by atoms with Crippen LogP contribution in [0, 0.1) is 5.92 Å². The average Bonchev–Trinajstić information content (AvgIpc) is 2.36. The number of hydrogen-bond acceptors (Lipinski definition) is 4. The topological polar surface area (TPSA) is 81.4 Å². The monoisotopic (exact) mass is 286 g/mol. The Balaban J connectivity index is 0.00000324. The normalized spacial score (nSPS) is 11.4. The van der Waals surface area contributed by atoms with Gasteiger partial charge >= 0.3 is 5.97 Å². The van der Waals surface area contributed by atoms with Crippen molar-refractivity contribution in [3.05, 3.63) is 29.8 Å². The summed E-state index contributed by atoms with van der Waals surface area (Å²) in [6.07, 6.45) is 0. The minimum atomic E-state index is -0.577. The molecule has 0 heterocycles. The van der Waals surface area contributed by atoms with Gasteiger partial charge in [0, 0.05) is 5.69 Å². The van der Waals surface area contributed by atoms with Crippen molar-refractivity contribution in [1.82, 2.24) is 0 Å². The first kappa shape index (κ1) is 17.4. The number of rotatable bonds is 4. The van der Waals surface area contributed by atoms with Gasteiger partial charge in [-0.2, -0.15) is 0 Å². The Morgan fingerprint density at radius 1 is 1.32 bits per heavy atom. The van der Waals surface area contributed by atoms with Gasteiger partial charge in [0.25, 0.3) is 0 Å². The summed E-state index contributed by atoms with van der Waals surface area (Å²) < 4.78 is 4.61. The summed E-state index contributed by atoms with van der Waals surface area (Å²) >= 11 is 0. The first-order valence-corrected chi connectivity index (χ1v) is 5.70. The largest absolute Gasteiger partial charge is 0.465 e. The molecule has 0 aliphatic carbocycles. The van der Waals surface area contributed by atoms with Crippen LogP contribution in [0.2, 0.25) is 0 Å². The number of esters is 1. The zero-order valence-corrected chi connectivity index (χ0v) is 12.0. The number of carbonyl (C=O) groups is 2. The lowest BCUT2D eigenvalue weighted by Gasteiger charge is -2.15. The Morgan fingerprint density at radius 2 is 1.95 bits per heavy atom. The van der Waals surface area contributed by atoms with Gasteiger partial charge < -0.3 is 15.8 Å². The molecule has 0 aliphatic rings. The molecule has 1 aromatic rings. The van der Waals surface area contributed by atoms with E-state index >= 15 is 0 Å². The zero-order chi connectivity index (χ0) is 13.7. The molecular formula is C13H19ClN2O3. The predicted octanol–water partition coefficient (Wildman–Crippen LogP) is 1.82. The van der Waals surface area contributed by atoms with E-state index in [1.54, 1.807) is 24.3 Å². The maximum atomic E-state index is 11.8. The third-order valence-corrected chi connectivity index (χ3v) is 2.57. The number of amides is 1. The predicted molar refractivity (Wildman–Crippen MR) is 76.5 cm³/mol. The van der Waals surface area contributed by atoms with Gasteiger partial charge in [-0.1, -0.05) is 19.9 Å². The minimum absolute atomic E-state index is 0. The molecule has 0 bridgehead atoms.